The third kappa shape index (κ3) is 4.09. The molecule has 0 aliphatic carbocycles. The van der Waals surface area contributed by atoms with Gasteiger partial charge in [0, 0.05) is 18.7 Å². The van der Waals surface area contributed by atoms with Crippen molar-refractivity contribution in [2.45, 2.75) is 27.2 Å². The van der Waals surface area contributed by atoms with Crippen LogP contribution >= 0.6 is 0 Å². The first-order chi connectivity index (χ1) is 8.99. The van der Waals surface area contributed by atoms with Gasteiger partial charge in [0.2, 0.25) is 0 Å². The zero-order valence-electron chi connectivity index (χ0n) is 12.0. The molecular formula is C15H21NO3. The second-order valence-corrected chi connectivity index (χ2v) is 4.51. The number of rotatable bonds is 5. The summed E-state index contributed by atoms with van der Waals surface area (Å²) in [6.07, 6.45) is 0.223. The number of amides is 1. The number of esters is 1. The third-order valence-electron chi connectivity index (χ3n) is 3.24. The van der Waals surface area contributed by atoms with E-state index < -0.39 is 0 Å². The molecule has 1 amide bonds. The molecule has 0 saturated carbocycles. The van der Waals surface area contributed by atoms with Crippen LogP contribution in [0.25, 0.3) is 0 Å². The van der Waals surface area contributed by atoms with Crippen LogP contribution in [-0.4, -0.2) is 37.0 Å². The van der Waals surface area contributed by atoms with Crippen molar-refractivity contribution in [3.8, 4) is 0 Å². The number of hydrogen-bond donors (Lipinski definition) is 0. The average Bonchev–Trinajstić information content (AvgIpc) is 2.41. The molecule has 0 saturated heterocycles. The number of methoxy groups -OCH3 is 1. The lowest BCUT2D eigenvalue weighted by Gasteiger charge is -2.20. The maximum absolute atomic E-state index is 12.3. The van der Waals surface area contributed by atoms with Gasteiger partial charge in [-0.05, 0) is 44.0 Å². The summed E-state index contributed by atoms with van der Waals surface area (Å²) in [5, 5.41) is 0. The van der Waals surface area contributed by atoms with Crippen LogP contribution in [0.15, 0.2) is 18.2 Å². The summed E-state index contributed by atoms with van der Waals surface area (Å²) in [4.78, 5) is 25.1. The minimum absolute atomic E-state index is 0.0468. The number of aryl methyl sites for hydroxylation is 2. The van der Waals surface area contributed by atoms with Crippen molar-refractivity contribution >= 4 is 11.9 Å². The highest BCUT2D eigenvalue weighted by molar-refractivity contribution is 5.94. The van der Waals surface area contributed by atoms with Crippen LogP contribution in [0.5, 0.6) is 0 Å². The van der Waals surface area contributed by atoms with Crippen LogP contribution in [0.3, 0.4) is 0 Å². The maximum Gasteiger partial charge on any atom is 0.307 e. The van der Waals surface area contributed by atoms with Gasteiger partial charge in [0.1, 0.15) is 0 Å². The molecule has 0 heterocycles. The fourth-order valence-corrected chi connectivity index (χ4v) is 1.79. The van der Waals surface area contributed by atoms with Gasteiger partial charge in [0.25, 0.3) is 5.91 Å². The van der Waals surface area contributed by atoms with Crippen LogP contribution < -0.4 is 0 Å². The SMILES string of the molecule is CCN(CCC(=O)OC)C(=O)c1ccc(C)c(C)c1. The predicted molar refractivity (Wildman–Crippen MR) is 74.1 cm³/mol. The molecule has 19 heavy (non-hydrogen) atoms. The van der Waals surface area contributed by atoms with E-state index >= 15 is 0 Å². The third-order valence-corrected chi connectivity index (χ3v) is 3.24. The zero-order valence-corrected chi connectivity index (χ0v) is 12.0. The second kappa shape index (κ2) is 6.92. The van der Waals surface area contributed by atoms with E-state index in [1.807, 2.05) is 39.0 Å². The lowest BCUT2D eigenvalue weighted by Crippen LogP contribution is -2.33. The van der Waals surface area contributed by atoms with E-state index in [0.29, 0.717) is 18.7 Å². The summed E-state index contributed by atoms with van der Waals surface area (Å²) in [6.45, 7) is 6.85. The van der Waals surface area contributed by atoms with E-state index in [2.05, 4.69) is 4.74 Å². The molecule has 0 aliphatic rings. The number of carbonyl (C=O) groups excluding carboxylic acids is 2. The van der Waals surface area contributed by atoms with Gasteiger partial charge in [-0.25, -0.2) is 0 Å². The lowest BCUT2D eigenvalue weighted by atomic mass is 10.1. The minimum Gasteiger partial charge on any atom is -0.469 e. The van der Waals surface area contributed by atoms with Gasteiger partial charge in [-0.1, -0.05) is 6.07 Å². The number of hydrogen-bond acceptors (Lipinski definition) is 3. The van der Waals surface area contributed by atoms with E-state index in [1.165, 1.54) is 7.11 Å². The molecule has 1 rings (SSSR count). The number of nitrogens with zero attached hydrogens (tertiary/aromatic N) is 1. The molecule has 0 radical (unpaired) electrons. The van der Waals surface area contributed by atoms with Crippen molar-refractivity contribution in [2.24, 2.45) is 0 Å². The molecule has 104 valence electrons. The largest absolute Gasteiger partial charge is 0.469 e. The topological polar surface area (TPSA) is 46.6 Å². The summed E-state index contributed by atoms with van der Waals surface area (Å²) in [7, 11) is 1.35. The van der Waals surface area contributed by atoms with Gasteiger partial charge >= 0.3 is 5.97 Å². The molecule has 1 aromatic carbocycles. The molecule has 0 aliphatic heterocycles. The molecule has 0 unspecified atom stereocenters. The van der Waals surface area contributed by atoms with Crippen molar-refractivity contribution in [3.63, 3.8) is 0 Å². The Morgan fingerprint density at radius 2 is 1.89 bits per heavy atom. The van der Waals surface area contributed by atoms with Gasteiger partial charge in [-0.2, -0.15) is 0 Å². The van der Waals surface area contributed by atoms with E-state index in [0.717, 1.165) is 11.1 Å². The van der Waals surface area contributed by atoms with Crippen LogP contribution in [0.4, 0.5) is 0 Å². The van der Waals surface area contributed by atoms with Crippen molar-refractivity contribution < 1.29 is 14.3 Å². The van der Waals surface area contributed by atoms with Gasteiger partial charge in [0.05, 0.1) is 13.5 Å². The molecule has 0 bridgehead atoms. The highest BCUT2D eigenvalue weighted by Gasteiger charge is 2.15. The molecule has 4 heteroatoms. The molecule has 0 atom stereocenters. The van der Waals surface area contributed by atoms with E-state index in [-0.39, 0.29) is 18.3 Å². The van der Waals surface area contributed by atoms with Gasteiger partial charge < -0.3 is 9.64 Å². The van der Waals surface area contributed by atoms with E-state index in [4.69, 9.17) is 0 Å². The first-order valence-electron chi connectivity index (χ1n) is 6.43. The van der Waals surface area contributed by atoms with Crippen LogP contribution in [0.2, 0.25) is 0 Å². The second-order valence-electron chi connectivity index (χ2n) is 4.51. The quantitative estimate of drug-likeness (QED) is 0.766. The van der Waals surface area contributed by atoms with Gasteiger partial charge in [-0.15, -0.1) is 0 Å². The van der Waals surface area contributed by atoms with E-state index in [1.54, 1.807) is 4.90 Å². The van der Waals surface area contributed by atoms with Crippen LogP contribution in [0, 0.1) is 13.8 Å². The number of benzene rings is 1. The zero-order chi connectivity index (χ0) is 14.4. The fraction of sp³-hybridized carbons (Fsp3) is 0.467. The summed E-state index contributed by atoms with van der Waals surface area (Å²) in [5.41, 5.74) is 2.92. The van der Waals surface area contributed by atoms with Crippen LogP contribution in [-0.2, 0) is 9.53 Å². The summed E-state index contributed by atoms with van der Waals surface area (Å²) in [6, 6.07) is 5.65. The highest BCUT2D eigenvalue weighted by atomic mass is 16.5. The fourth-order valence-electron chi connectivity index (χ4n) is 1.79. The first-order valence-corrected chi connectivity index (χ1v) is 6.43. The Hall–Kier alpha value is -1.84. The molecule has 0 fully saturated rings. The Morgan fingerprint density at radius 3 is 2.42 bits per heavy atom. The predicted octanol–water partition coefficient (Wildman–Crippen LogP) is 2.33. The Kier molecular flexibility index (Phi) is 5.55. The molecule has 1 aromatic rings. The summed E-state index contributed by atoms with van der Waals surface area (Å²) >= 11 is 0. The van der Waals surface area contributed by atoms with E-state index in [9.17, 15) is 9.59 Å². The Labute approximate surface area is 114 Å². The van der Waals surface area contributed by atoms with Crippen LogP contribution in [0.1, 0.15) is 34.8 Å². The van der Waals surface area contributed by atoms with Crippen molar-refractivity contribution in [2.75, 3.05) is 20.2 Å². The number of carbonyl (C=O) groups is 2. The van der Waals surface area contributed by atoms with Crippen molar-refractivity contribution in [1.82, 2.24) is 4.90 Å². The molecule has 0 spiro atoms. The summed E-state index contributed by atoms with van der Waals surface area (Å²) in [5.74, 6) is -0.346. The molecule has 0 aromatic heterocycles. The molecule has 4 nitrogen and oxygen atoms in total. The normalized spacial score (nSPS) is 10.1. The summed E-state index contributed by atoms with van der Waals surface area (Å²) < 4.78 is 4.59. The Morgan fingerprint density at radius 1 is 1.21 bits per heavy atom. The first kappa shape index (κ1) is 15.2. The van der Waals surface area contributed by atoms with Gasteiger partial charge in [-0.3, -0.25) is 9.59 Å². The standard InChI is InChI=1S/C15H21NO3/c1-5-16(9-8-14(17)19-4)15(18)13-7-6-11(2)12(3)10-13/h6-7,10H,5,8-9H2,1-4H3. The minimum atomic E-state index is -0.300. The van der Waals surface area contributed by atoms with Crippen molar-refractivity contribution in [3.05, 3.63) is 34.9 Å². The molecular weight excluding hydrogens is 242 g/mol. The van der Waals surface area contributed by atoms with Gasteiger partial charge in [0.15, 0.2) is 0 Å². The highest BCUT2D eigenvalue weighted by Crippen LogP contribution is 2.12. The maximum atomic E-state index is 12.3. The Balaban J connectivity index is 2.77. The molecule has 0 N–H and O–H groups in total. The van der Waals surface area contributed by atoms with Crippen molar-refractivity contribution in [1.29, 1.82) is 0 Å². The Bertz CT molecular complexity index is 468. The monoisotopic (exact) mass is 263 g/mol. The average molecular weight is 263 g/mol. The lowest BCUT2D eigenvalue weighted by molar-refractivity contribution is -0.140. The number of ether oxygens (including phenoxy) is 1. The smallest absolute Gasteiger partial charge is 0.307 e.